The van der Waals surface area contributed by atoms with E-state index in [9.17, 15) is 0 Å². The smallest absolute Gasteiger partial charge is 0.297 e. The highest BCUT2D eigenvalue weighted by Crippen LogP contribution is 2.26. The van der Waals surface area contributed by atoms with Crippen LogP contribution in [0.15, 0.2) is 4.42 Å². The van der Waals surface area contributed by atoms with Crippen LogP contribution in [0.2, 0.25) is 0 Å². The number of rotatable bonds is 1. The first-order valence-electron chi connectivity index (χ1n) is 5.88. The van der Waals surface area contributed by atoms with E-state index < -0.39 is 0 Å². The van der Waals surface area contributed by atoms with Crippen molar-refractivity contribution >= 4 is 6.01 Å². The molecular weight excluding hydrogens is 190 g/mol. The Labute approximate surface area is 89.7 Å². The first-order valence-corrected chi connectivity index (χ1v) is 5.88. The fourth-order valence-electron chi connectivity index (χ4n) is 2.35. The predicted octanol–water partition coefficient (Wildman–Crippen LogP) is 0.963. The van der Waals surface area contributed by atoms with Crippen molar-refractivity contribution in [3.8, 4) is 0 Å². The van der Waals surface area contributed by atoms with Crippen molar-refractivity contribution in [2.45, 2.75) is 25.7 Å². The molecule has 3 rings (SSSR count). The van der Waals surface area contributed by atoms with Gasteiger partial charge >= 0.3 is 0 Å². The molecule has 0 atom stereocenters. The number of oxazole rings is 1. The number of nitrogens with zero attached hydrogens (tertiary/aromatic N) is 2. The zero-order valence-electron chi connectivity index (χ0n) is 8.96. The molecule has 4 nitrogen and oxygen atoms in total. The summed E-state index contributed by atoms with van der Waals surface area (Å²) in [5.41, 5.74) is 1.20. The summed E-state index contributed by atoms with van der Waals surface area (Å²) in [6, 6.07) is 0.850. The highest BCUT2D eigenvalue weighted by atomic mass is 16.4. The third-order valence-electron chi connectivity index (χ3n) is 3.19. The van der Waals surface area contributed by atoms with Crippen molar-refractivity contribution in [3.05, 3.63) is 11.5 Å². The second kappa shape index (κ2) is 3.85. The van der Waals surface area contributed by atoms with Crippen LogP contribution in [-0.2, 0) is 12.8 Å². The molecule has 1 aliphatic carbocycles. The fourth-order valence-corrected chi connectivity index (χ4v) is 2.35. The number of hydrogen-bond acceptors (Lipinski definition) is 4. The van der Waals surface area contributed by atoms with Crippen LogP contribution in [-0.4, -0.2) is 31.2 Å². The minimum absolute atomic E-state index is 0.850. The van der Waals surface area contributed by atoms with E-state index >= 15 is 0 Å². The molecule has 0 amide bonds. The largest absolute Gasteiger partial charge is 0.428 e. The zero-order chi connectivity index (χ0) is 10.1. The molecule has 1 aliphatic heterocycles. The predicted molar refractivity (Wildman–Crippen MR) is 58.2 cm³/mol. The Morgan fingerprint density at radius 1 is 1.13 bits per heavy atom. The molecule has 1 N–H and O–H groups in total. The number of fused-ring (bicyclic) bond motifs is 1. The summed E-state index contributed by atoms with van der Waals surface area (Å²) in [4.78, 5) is 6.85. The van der Waals surface area contributed by atoms with E-state index in [-0.39, 0.29) is 0 Å². The molecular formula is C11H17N3O. The lowest BCUT2D eigenvalue weighted by Crippen LogP contribution is -2.28. The van der Waals surface area contributed by atoms with Gasteiger partial charge in [-0.25, -0.2) is 0 Å². The van der Waals surface area contributed by atoms with Crippen LogP contribution in [0, 0.1) is 0 Å². The van der Waals surface area contributed by atoms with Crippen LogP contribution < -0.4 is 10.2 Å². The normalized spacial score (nSPS) is 21.5. The van der Waals surface area contributed by atoms with Gasteiger partial charge in [0.05, 0.1) is 5.69 Å². The molecule has 0 aromatic carbocycles. The molecule has 1 saturated heterocycles. The van der Waals surface area contributed by atoms with Gasteiger partial charge < -0.3 is 14.6 Å². The Morgan fingerprint density at radius 3 is 3.07 bits per heavy atom. The van der Waals surface area contributed by atoms with Crippen LogP contribution in [0.1, 0.15) is 24.3 Å². The first-order chi connectivity index (χ1) is 7.43. The van der Waals surface area contributed by atoms with Crippen molar-refractivity contribution in [2.24, 2.45) is 0 Å². The monoisotopic (exact) mass is 207 g/mol. The SMILES string of the molecule is C1Cc2nc(N3CCCNCC3)oc2C1. The van der Waals surface area contributed by atoms with Gasteiger partial charge in [0, 0.05) is 26.1 Å². The van der Waals surface area contributed by atoms with Gasteiger partial charge in [0.2, 0.25) is 0 Å². The summed E-state index contributed by atoms with van der Waals surface area (Å²) < 4.78 is 5.81. The number of nitrogens with one attached hydrogen (secondary N) is 1. The van der Waals surface area contributed by atoms with Crippen molar-refractivity contribution < 1.29 is 4.42 Å². The van der Waals surface area contributed by atoms with Crippen molar-refractivity contribution in [3.63, 3.8) is 0 Å². The minimum Gasteiger partial charge on any atom is -0.428 e. The third kappa shape index (κ3) is 1.74. The Kier molecular flexibility index (Phi) is 2.37. The Hall–Kier alpha value is -1.03. The van der Waals surface area contributed by atoms with Crippen molar-refractivity contribution in [1.82, 2.24) is 10.3 Å². The molecule has 15 heavy (non-hydrogen) atoms. The van der Waals surface area contributed by atoms with Gasteiger partial charge in [0.25, 0.3) is 6.01 Å². The number of anilines is 1. The molecule has 2 aliphatic rings. The average molecular weight is 207 g/mol. The molecule has 1 aromatic heterocycles. The van der Waals surface area contributed by atoms with Gasteiger partial charge in [-0.15, -0.1) is 0 Å². The van der Waals surface area contributed by atoms with Gasteiger partial charge in [-0.3, -0.25) is 0 Å². The molecule has 0 spiro atoms. The fraction of sp³-hybridized carbons (Fsp3) is 0.727. The lowest BCUT2D eigenvalue weighted by atomic mass is 10.4. The molecule has 0 saturated carbocycles. The number of aromatic nitrogens is 1. The highest BCUT2D eigenvalue weighted by Gasteiger charge is 2.22. The van der Waals surface area contributed by atoms with Gasteiger partial charge in [0.1, 0.15) is 5.76 Å². The van der Waals surface area contributed by atoms with E-state index in [0.717, 1.165) is 50.8 Å². The molecule has 2 heterocycles. The second-order valence-corrected chi connectivity index (χ2v) is 4.31. The van der Waals surface area contributed by atoms with Crippen LogP contribution in [0.25, 0.3) is 0 Å². The molecule has 1 fully saturated rings. The standard InChI is InChI=1S/C11H17N3O/c1-3-9-10(4-1)15-11(13-9)14-7-2-5-12-6-8-14/h12H,1-8H2. The van der Waals surface area contributed by atoms with Crippen LogP contribution in [0.5, 0.6) is 0 Å². The maximum Gasteiger partial charge on any atom is 0.297 e. The Balaban J connectivity index is 1.79. The zero-order valence-corrected chi connectivity index (χ0v) is 8.96. The molecule has 82 valence electrons. The van der Waals surface area contributed by atoms with E-state index in [4.69, 9.17) is 4.42 Å². The average Bonchev–Trinajstić information content (AvgIpc) is 2.70. The van der Waals surface area contributed by atoms with Crippen LogP contribution in [0.4, 0.5) is 6.01 Å². The summed E-state index contributed by atoms with van der Waals surface area (Å²) >= 11 is 0. The van der Waals surface area contributed by atoms with Gasteiger partial charge in [0.15, 0.2) is 0 Å². The van der Waals surface area contributed by atoms with Crippen LogP contribution >= 0.6 is 0 Å². The number of hydrogen-bond donors (Lipinski definition) is 1. The molecule has 0 radical (unpaired) electrons. The third-order valence-corrected chi connectivity index (χ3v) is 3.19. The topological polar surface area (TPSA) is 41.3 Å². The summed E-state index contributed by atoms with van der Waals surface area (Å²) in [5.74, 6) is 1.13. The maximum absolute atomic E-state index is 5.81. The summed E-state index contributed by atoms with van der Waals surface area (Å²) in [6.45, 7) is 4.22. The Morgan fingerprint density at radius 2 is 2.13 bits per heavy atom. The van der Waals surface area contributed by atoms with Crippen molar-refractivity contribution in [2.75, 3.05) is 31.1 Å². The van der Waals surface area contributed by atoms with Crippen molar-refractivity contribution in [1.29, 1.82) is 0 Å². The second-order valence-electron chi connectivity index (χ2n) is 4.31. The molecule has 0 bridgehead atoms. The van der Waals surface area contributed by atoms with E-state index in [2.05, 4.69) is 15.2 Å². The molecule has 0 unspecified atom stereocenters. The Bertz CT molecular complexity index is 318. The molecule has 1 aromatic rings. The summed E-state index contributed by atoms with van der Waals surface area (Å²) in [5, 5.41) is 3.39. The van der Waals surface area contributed by atoms with Gasteiger partial charge in [-0.05, 0) is 25.8 Å². The van der Waals surface area contributed by atoms with E-state index in [1.165, 1.54) is 18.5 Å². The summed E-state index contributed by atoms with van der Waals surface area (Å²) in [7, 11) is 0. The maximum atomic E-state index is 5.81. The lowest BCUT2D eigenvalue weighted by molar-refractivity contribution is 0.495. The van der Waals surface area contributed by atoms with Gasteiger partial charge in [-0.1, -0.05) is 0 Å². The number of aryl methyl sites for hydroxylation is 2. The minimum atomic E-state index is 0.850. The van der Waals surface area contributed by atoms with Crippen LogP contribution in [0.3, 0.4) is 0 Å². The van der Waals surface area contributed by atoms with E-state index in [1.807, 2.05) is 0 Å². The van der Waals surface area contributed by atoms with Gasteiger partial charge in [-0.2, -0.15) is 4.98 Å². The lowest BCUT2D eigenvalue weighted by Gasteiger charge is -2.16. The summed E-state index contributed by atoms with van der Waals surface area (Å²) in [6.07, 6.45) is 4.56. The van der Waals surface area contributed by atoms with E-state index in [1.54, 1.807) is 0 Å². The first kappa shape index (κ1) is 9.21. The quantitative estimate of drug-likeness (QED) is 0.745. The highest BCUT2D eigenvalue weighted by molar-refractivity contribution is 5.32. The molecule has 4 heteroatoms. The van der Waals surface area contributed by atoms with E-state index in [0.29, 0.717) is 0 Å².